The van der Waals surface area contributed by atoms with Crippen LogP contribution in [0.15, 0.2) is 12.7 Å². The molecule has 0 bridgehead atoms. The van der Waals surface area contributed by atoms with Crippen molar-refractivity contribution in [3.63, 3.8) is 0 Å². The SMILES string of the molecule is CC(=O)SCCNC(=O)CCNC(=O)[C@H](O)C(C)(C)COP(=O)(O)OP(=O)(O)OC[C@H]1O[C@@H](n2cnc3c(N)ncnc32)[C@H](O)[C@@H]1OP(=O)(O)O.O=CO. The van der Waals surface area contributed by atoms with Gasteiger partial charge in [0.25, 0.3) is 6.47 Å². The minimum Gasteiger partial charge on any atom is -0.483 e. The molecule has 3 rings (SSSR count). The number of thioether (sulfide) groups is 1. The van der Waals surface area contributed by atoms with E-state index < -0.39 is 84.6 Å². The fourth-order valence-electron chi connectivity index (χ4n) is 4.32. The lowest BCUT2D eigenvalue weighted by molar-refractivity contribution is -0.137. The Morgan fingerprint density at radius 2 is 1.72 bits per heavy atom. The lowest BCUT2D eigenvalue weighted by Gasteiger charge is -2.30. The van der Waals surface area contributed by atoms with Crippen molar-refractivity contribution in [3.05, 3.63) is 12.7 Å². The molecule has 0 aliphatic carbocycles. The van der Waals surface area contributed by atoms with Gasteiger partial charge < -0.3 is 56.0 Å². The van der Waals surface area contributed by atoms with E-state index >= 15 is 0 Å². The summed E-state index contributed by atoms with van der Waals surface area (Å²) in [6, 6.07) is 0. The van der Waals surface area contributed by atoms with Crippen molar-refractivity contribution >= 4 is 75.6 Å². The van der Waals surface area contributed by atoms with E-state index in [0.717, 1.165) is 29.0 Å². The van der Waals surface area contributed by atoms with Gasteiger partial charge in [-0.3, -0.25) is 37.3 Å². The third-order valence-corrected chi connectivity index (χ3v) is 10.7. The highest BCUT2D eigenvalue weighted by atomic mass is 32.2. The first-order chi connectivity index (χ1) is 24.9. The Morgan fingerprint density at radius 1 is 1.09 bits per heavy atom. The molecule has 1 aliphatic rings. The summed E-state index contributed by atoms with van der Waals surface area (Å²) in [5.74, 6) is -1.08. The molecule has 0 radical (unpaired) electrons. The molecule has 0 spiro atoms. The van der Waals surface area contributed by atoms with Gasteiger partial charge in [-0.15, -0.1) is 0 Å². The number of aliphatic hydroxyl groups is 2. The smallest absolute Gasteiger partial charge is 0.481 e. The zero-order valence-corrected chi connectivity index (χ0v) is 32.0. The van der Waals surface area contributed by atoms with Crippen LogP contribution in [0.5, 0.6) is 0 Å². The highest BCUT2D eigenvalue weighted by molar-refractivity contribution is 8.13. The average molecular weight is 856 g/mol. The lowest BCUT2D eigenvalue weighted by Crippen LogP contribution is -2.46. The van der Waals surface area contributed by atoms with E-state index in [0.29, 0.717) is 5.75 Å². The molecular formula is C24H40N7O19P3S. The van der Waals surface area contributed by atoms with Gasteiger partial charge in [0.15, 0.2) is 22.8 Å². The maximum absolute atomic E-state index is 12.6. The van der Waals surface area contributed by atoms with Gasteiger partial charge in [0.05, 0.1) is 19.5 Å². The molecule has 2 aromatic rings. The second kappa shape index (κ2) is 20.3. The third-order valence-electron chi connectivity index (χ3n) is 6.81. The van der Waals surface area contributed by atoms with Gasteiger partial charge in [-0.2, -0.15) is 4.31 Å². The van der Waals surface area contributed by atoms with Gasteiger partial charge in [0, 0.05) is 37.6 Å². The number of aliphatic hydroxyl groups excluding tert-OH is 2. The first-order valence-electron chi connectivity index (χ1n) is 15.0. The number of nitrogens with two attached hydrogens (primary N) is 1. The monoisotopic (exact) mass is 855 g/mol. The number of fused-ring (bicyclic) bond motifs is 1. The van der Waals surface area contributed by atoms with Crippen LogP contribution < -0.4 is 16.4 Å². The summed E-state index contributed by atoms with van der Waals surface area (Å²) in [6.45, 7) is 1.65. The highest BCUT2D eigenvalue weighted by Crippen LogP contribution is 2.61. The predicted octanol–water partition coefficient (Wildman–Crippen LogP) is -1.61. The number of hydrogen-bond acceptors (Lipinski definition) is 19. The Balaban J connectivity index is 0.00000325. The molecule has 306 valence electrons. The zero-order chi connectivity index (χ0) is 41.1. The summed E-state index contributed by atoms with van der Waals surface area (Å²) in [6.07, 6.45) is -6.88. The number of amides is 2. The largest absolute Gasteiger partial charge is 0.483 e. The van der Waals surface area contributed by atoms with E-state index in [-0.39, 0.29) is 48.1 Å². The fourth-order valence-corrected chi connectivity index (χ4v) is 7.65. The lowest BCUT2D eigenvalue weighted by atomic mass is 9.87. The van der Waals surface area contributed by atoms with Crippen LogP contribution in [0.3, 0.4) is 0 Å². The molecule has 11 N–H and O–H groups in total. The number of ether oxygens (including phenoxy) is 1. The van der Waals surface area contributed by atoms with Gasteiger partial charge in [-0.05, 0) is 0 Å². The molecule has 0 saturated carbocycles. The number of nitrogen functional groups attached to an aromatic ring is 1. The number of hydrogen-bond donors (Lipinski definition) is 10. The van der Waals surface area contributed by atoms with Gasteiger partial charge in [0.2, 0.25) is 11.8 Å². The standard InChI is InChI=1S/C23H38N7O17P3S.CH2O2/c1-12(31)51-7-6-25-14(32)4-5-26-21(35)18(34)23(2,3)9-44-50(41,42)47-49(39,40)43-8-13-17(46-48(36,37)38)16(33)22(45-13)30-11-29-15-19(24)27-10-28-20(15)30;2-1-3/h10-11,13,16-18,22,33-34H,4-9H2,1-3H3,(H,25,32)(H,26,35)(H,39,40)(H,41,42)(H2,24,27,28)(H2,36,37,38);1H,(H,2,3)/t13-,16-,17-,18+,22-;/m1./s1. The van der Waals surface area contributed by atoms with E-state index in [1.54, 1.807) is 0 Å². The molecule has 26 nitrogen and oxygen atoms in total. The molecule has 2 unspecified atom stereocenters. The summed E-state index contributed by atoms with van der Waals surface area (Å²) in [4.78, 5) is 94.3. The number of phosphoric acid groups is 3. The zero-order valence-electron chi connectivity index (χ0n) is 28.5. The molecule has 1 fully saturated rings. The van der Waals surface area contributed by atoms with Crippen LogP contribution in [0.4, 0.5) is 5.82 Å². The summed E-state index contributed by atoms with van der Waals surface area (Å²) in [5.41, 5.74) is 4.26. The molecule has 2 amide bonds. The van der Waals surface area contributed by atoms with Crippen LogP contribution >= 0.6 is 35.2 Å². The Kier molecular flexibility index (Phi) is 17.7. The summed E-state index contributed by atoms with van der Waals surface area (Å²) in [7, 11) is -16.4. The van der Waals surface area contributed by atoms with Crippen LogP contribution in [0.2, 0.25) is 0 Å². The second-order valence-electron chi connectivity index (χ2n) is 11.5. The van der Waals surface area contributed by atoms with E-state index in [2.05, 4.69) is 34.4 Å². The molecule has 2 aromatic heterocycles. The molecule has 3 heterocycles. The summed E-state index contributed by atoms with van der Waals surface area (Å²) in [5, 5.41) is 32.9. The molecular weight excluding hydrogens is 815 g/mol. The van der Waals surface area contributed by atoms with Crippen LogP contribution in [0, 0.1) is 5.41 Å². The van der Waals surface area contributed by atoms with E-state index in [1.165, 1.54) is 20.8 Å². The van der Waals surface area contributed by atoms with Crippen LogP contribution in [0.1, 0.15) is 33.4 Å². The molecule has 0 aromatic carbocycles. The molecule has 1 saturated heterocycles. The van der Waals surface area contributed by atoms with E-state index in [4.69, 9.17) is 29.4 Å². The van der Waals surface area contributed by atoms with Crippen molar-refractivity contribution in [2.45, 2.75) is 57.8 Å². The van der Waals surface area contributed by atoms with Gasteiger partial charge in [-0.25, -0.2) is 28.6 Å². The number of nitrogens with one attached hydrogen (secondary N) is 2. The summed E-state index contributed by atoms with van der Waals surface area (Å²) >= 11 is 1.03. The van der Waals surface area contributed by atoms with Gasteiger partial charge in [0.1, 0.15) is 36.3 Å². The second-order valence-corrected chi connectivity index (χ2v) is 17.0. The predicted molar refractivity (Wildman–Crippen MR) is 181 cm³/mol. The number of anilines is 1. The number of phosphoric ester groups is 3. The maximum atomic E-state index is 12.6. The molecule has 1 aliphatic heterocycles. The van der Waals surface area contributed by atoms with Crippen molar-refractivity contribution in [2.75, 3.05) is 37.8 Å². The Hall–Kier alpha value is -2.97. The number of imidazole rings is 1. The Labute approximate surface area is 309 Å². The van der Waals surface area contributed by atoms with Crippen LogP contribution in [-0.2, 0) is 55.5 Å². The third kappa shape index (κ3) is 14.9. The Bertz CT molecular complexity index is 1760. The number of rotatable bonds is 19. The van der Waals surface area contributed by atoms with Crippen LogP contribution in [-0.4, -0.2) is 134 Å². The number of carbonyl (C=O) groups excluding carboxylic acids is 3. The van der Waals surface area contributed by atoms with Crippen molar-refractivity contribution in [1.82, 2.24) is 30.2 Å². The van der Waals surface area contributed by atoms with Gasteiger partial charge >= 0.3 is 23.5 Å². The first-order valence-corrected chi connectivity index (χ1v) is 20.5. The first kappa shape index (κ1) is 47.2. The number of carbonyl (C=O) groups is 4. The highest BCUT2D eigenvalue weighted by Gasteiger charge is 2.50. The summed E-state index contributed by atoms with van der Waals surface area (Å²) < 4.78 is 61.8. The van der Waals surface area contributed by atoms with E-state index in [9.17, 15) is 57.9 Å². The number of nitrogens with zero attached hydrogens (tertiary/aromatic N) is 4. The van der Waals surface area contributed by atoms with Crippen LogP contribution in [0.25, 0.3) is 11.2 Å². The maximum Gasteiger partial charge on any atom is 0.481 e. The van der Waals surface area contributed by atoms with Gasteiger partial charge in [-0.1, -0.05) is 25.6 Å². The van der Waals surface area contributed by atoms with Crippen molar-refractivity contribution < 1.29 is 90.4 Å². The quantitative estimate of drug-likeness (QED) is 0.0431. The fraction of sp³-hybridized carbons (Fsp3) is 0.625. The topological polar surface area (TPSA) is 401 Å². The normalized spacial score (nSPS) is 21.6. The molecule has 7 atom stereocenters. The van der Waals surface area contributed by atoms with Crippen molar-refractivity contribution in [3.8, 4) is 0 Å². The molecule has 30 heteroatoms. The van der Waals surface area contributed by atoms with E-state index in [1.807, 2.05) is 0 Å². The molecule has 54 heavy (non-hydrogen) atoms. The van der Waals surface area contributed by atoms with Crippen molar-refractivity contribution in [1.29, 1.82) is 0 Å². The minimum atomic E-state index is -5.56. The number of aromatic nitrogens is 4. The Morgan fingerprint density at radius 3 is 2.33 bits per heavy atom. The average Bonchev–Trinajstić information content (AvgIpc) is 3.61. The minimum absolute atomic E-state index is 0.0310. The van der Waals surface area contributed by atoms with Crippen molar-refractivity contribution in [2.24, 2.45) is 5.41 Å². The number of carboxylic acid groups (broad SMARTS) is 1.